The predicted octanol–water partition coefficient (Wildman–Crippen LogP) is 3.03. The fourth-order valence-electron chi connectivity index (χ4n) is 2.35. The molecule has 9 heteroatoms. The van der Waals surface area contributed by atoms with Crippen LogP contribution in [0.15, 0.2) is 52.2 Å². The number of benzene rings is 1. The van der Waals surface area contributed by atoms with Crippen molar-refractivity contribution in [3.8, 4) is 0 Å². The molecule has 0 saturated carbocycles. The number of Topliss-reactive ketones (excluding diaryl/α,β-unsaturated/α-hetero) is 1. The van der Waals surface area contributed by atoms with Gasteiger partial charge in [-0.05, 0) is 53.2 Å². The molecule has 1 amide bonds. The lowest BCUT2D eigenvalue weighted by Gasteiger charge is -2.06. The number of nitrogens with one attached hydrogen (secondary N) is 1. The number of aromatic nitrogens is 4. The highest BCUT2D eigenvalue weighted by Gasteiger charge is 2.13. The largest absolute Gasteiger partial charge is 0.467 e. The highest BCUT2D eigenvalue weighted by molar-refractivity contribution is 7.99. The highest BCUT2D eigenvalue weighted by atomic mass is 32.2. The number of ketones is 1. The maximum Gasteiger partial charge on any atom is 0.224 e. The maximum atomic E-state index is 12.4. The van der Waals surface area contributed by atoms with Gasteiger partial charge in [-0.2, -0.15) is 0 Å². The Bertz CT molecular complexity index is 890. The first-order valence-electron chi connectivity index (χ1n) is 8.50. The second-order valence-corrected chi connectivity index (χ2v) is 6.73. The van der Waals surface area contributed by atoms with E-state index in [2.05, 4.69) is 20.8 Å². The molecule has 2 heterocycles. The number of hydrogen-bond acceptors (Lipinski definition) is 7. The summed E-state index contributed by atoms with van der Waals surface area (Å²) in [4.78, 5) is 24.0. The summed E-state index contributed by atoms with van der Waals surface area (Å²) < 4.78 is 6.87. The lowest BCUT2D eigenvalue weighted by atomic mass is 10.1. The number of hydrogen-bond donors (Lipinski definition) is 1. The molecule has 3 aromatic rings. The van der Waals surface area contributed by atoms with Gasteiger partial charge in [-0.1, -0.05) is 18.7 Å². The third kappa shape index (κ3) is 5.27. The quantitative estimate of drug-likeness (QED) is 0.446. The predicted molar refractivity (Wildman–Crippen MR) is 101 cm³/mol. The minimum atomic E-state index is -0.0426. The van der Waals surface area contributed by atoms with Gasteiger partial charge in [-0.3, -0.25) is 9.59 Å². The van der Waals surface area contributed by atoms with Crippen LogP contribution >= 0.6 is 11.8 Å². The molecule has 27 heavy (non-hydrogen) atoms. The van der Waals surface area contributed by atoms with Crippen molar-refractivity contribution in [2.75, 3.05) is 11.1 Å². The second-order valence-electron chi connectivity index (χ2n) is 5.79. The number of tetrazole rings is 1. The van der Waals surface area contributed by atoms with Gasteiger partial charge in [0.1, 0.15) is 12.3 Å². The molecule has 0 aliphatic rings. The molecule has 0 aliphatic heterocycles. The van der Waals surface area contributed by atoms with Gasteiger partial charge in [0, 0.05) is 17.7 Å². The van der Waals surface area contributed by atoms with E-state index in [0.717, 1.165) is 12.2 Å². The summed E-state index contributed by atoms with van der Waals surface area (Å²) >= 11 is 1.27. The lowest BCUT2D eigenvalue weighted by Crippen LogP contribution is -2.11. The van der Waals surface area contributed by atoms with E-state index in [9.17, 15) is 9.59 Å². The molecule has 140 valence electrons. The summed E-state index contributed by atoms with van der Waals surface area (Å²) in [6, 6.07) is 10.5. The second kappa shape index (κ2) is 9.13. The van der Waals surface area contributed by atoms with Crippen molar-refractivity contribution in [1.82, 2.24) is 20.2 Å². The molecular weight excluding hydrogens is 366 g/mol. The lowest BCUT2D eigenvalue weighted by molar-refractivity contribution is -0.116. The fourth-order valence-corrected chi connectivity index (χ4v) is 3.12. The number of nitrogens with zero attached hydrogens (tertiary/aromatic N) is 4. The van der Waals surface area contributed by atoms with Crippen molar-refractivity contribution in [3.63, 3.8) is 0 Å². The highest BCUT2D eigenvalue weighted by Crippen LogP contribution is 2.18. The average Bonchev–Trinajstić information content (AvgIpc) is 3.33. The number of carbonyl (C=O) groups is 2. The first-order valence-corrected chi connectivity index (χ1v) is 9.48. The molecule has 0 bridgehead atoms. The van der Waals surface area contributed by atoms with Crippen LogP contribution < -0.4 is 5.32 Å². The number of rotatable bonds is 9. The Morgan fingerprint density at radius 3 is 2.74 bits per heavy atom. The minimum Gasteiger partial charge on any atom is -0.467 e. The SMILES string of the molecule is CCCC(=O)Nc1ccc(C(=O)CSc2nnnn2Cc2ccco2)cc1. The van der Waals surface area contributed by atoms with Gasteiger partial charge in [0.2, 0.25) is 11.1 Å². The van der Waals surface area contributed by atoms with E-state index in [1.54, 1.807) is 41.3 Å². The molecule has 0 spiro atoms. The zero-order valence-electron chi connectivity index (χ0n) is 14.8. The molecule has 8 nitrogen and oxygen atoms in total. The van der Waals surface area contributed by atoms with Crippen LogP contribution in [0.4, 0.5) is 5.69 Å². The molecule has 0 unspecified atom stereocenters. The third-order valence-electron chi connectivity index (χ3n) is 3.68. The minimum absolute atomic E-state index is 0.0319. The zero-order valence-corrected chi connectivity index (χ0v) is 15.6. The van der Waals surface area contributed by atoms with Crippen molar-refractivity contribution in [2.45, 2.75) is 31.5 Å². The molecule has 1 N–H and O–H groups in total. The standard InChI is InChI=1S/C18H19N5O3S/c1-2-4-17(25)19-14-8-6-13(7-9-14)16(24)12-27-18-20-21-22-23(18)11-15-5-3-10-26-15/h3,5-10H,2,4,11-12H2,1H3,(H,19,25). The van der Waals surface area contributed by atoms with E-state index in [0.29, 0.717) is 29.4 Å². The van der Waals surface area contributed by atoms with E-state index in [1.807, 2.05) is 13.0 Å². The van der Waals surface area contributed by atoms with E-state index in [4.69, 9.17) is 4.42 Å². The summed E-state index contributed by atoms with van der Waals surface area (Å²) in [5, 5.41) is 14.9. The van der Waals surface area contributed by atoms with Crippen LogP contribution in [0.1, 0.15) is 35.9 Å². The molecule has 1 aromatic carbocycles. The zero-order chi connectivity index (χ0) is 19.1. The Morgan fingerprint density at radius 1 is 1.22 bits per heavy atom. The van der Waals surface area contributed by atoms with Gasteiger partial charge in [0.05, 0.1) is 12.0 Å². The van der Waals surface area contributed by atoms with E-state index in [1.165, 1.54) is 11.8 Å². The molecule has 2 aromatic heterocycles. The normalized spacial score (nSPS) is 10.7. The van der Waals surface area contributed by atoms with E-state index < -0.39 is 0 Å². The van der Waals surface area contributed by atoms with Crippen LogP contribution in [0.2, 0.25) is 0 Å². The van der Waals surface area contributed by atoms with Crippen LogP contribution in [0.25, 0.3) is 0 Å². The van der Waals surface area contributed by atoms with Crippen LogP contribution in [0, 0.1) is 0 Å². The van der Waals surface area contributed by atoms with Gasteiger partial charge >= 0.3 is 0 Å². The van der Waals surface area contributed by atoms with Crippen LogP contribution in [-0.4, -0.2) is 37.7 Å². The van der Waals surface area contributed by atoms with Crippen molar-refractivity contribution in [3.05, 3.63) is 54.0 Å². The Labute approximate surface area is 160 Å². The van der Waals surface area contributed by atoms with Crippen molar-refractivity contribution < 1.29 is 14.0 Å². The third-order valence-corrected chi connectivity index (χ3v) is 4.64. The van der Waals surface area contributed by atoms with Gasteiger partial charge in [-0.25, -0.2) is 4.68 Å². The van der Waals surface area contributed by atoms with Gasteiger partial charge in [0.15, 0.2) is 5.78 Å². The topological polar surface area (TPSA) is 103 Å². The Kier molecular flexibility index (Phi) is 6.37. The van der Waals surface area contributed by atoms with Crippen LogP contribution in [-0.2, 0) is 11.3 Å². The number of amides is 1. The van der Waals surface area contributed by atoms with Crippen molar-refractivity contribution >= 4 is 29.1 Å². The molecule has 0 fully saturated rings. The average molecular weight is 385 g/mol. The number of carbonyl (C=O) groups excluding carboxylic acids is 2. The molecule has 0 saturated heterocycles. The van der Waals surface area contributed by atoms with Crippen LogP contribution in [0.3, 0.4) is 0 Å². The Morgan fingerprint density at radius 2 is 2.04 bits per heavy atom. The van der Waals surface area contributed by atoms with Crippen LogP contribution in [0.5, 0.6) is 0 Å². The molecule has 0 atom stereocenters. The summed E-state index contributed by atoms with van der Waals surface area (Å²) in [5.74, 6) is 0.866. The Balaban J connectivity index is 1.55. The van der Waals surface area contributed by atoms with Gasteiger partial charge in [0.25, 0.3) is 0 Å². The number of furan rings is 1. The smallest absolute Gasteiger partial charge is 0.224 e. The van der Waals surface area contributed by atoms with E-state index >= 15 is 0 Å². The van der Waals surface area contributed by atoms with E-state index in [-0.39, 0.29) is 17.4 Å². The fraction of sp³-hybridized carbons (Fsp3) is 0.278. The Hall–Kier alpha value is -2.94. The van der Waals surface area contributed by atoms with Crippen molar-refractivity contribution in [1.29, 1.82) is 0 Å². The first-order chi connectivity index (χ1) is 13.2. The summed E-state index contributed by atoms with van der Waals surface area (Å²) in [6.45, 7) is 2.35. The van der Waals surface area contributed by atoms with Gasteiger partial charge < -0.3 is 9.73 Å². The van der Waals surface area contributed by atoms with Crippen molar-refractivity contribution in [2.24, 2.45) is 0 Å². The monoisotopic (exact) mass is 385 g/mol. The molecule has 3 rings (SSSR count). The summed E-state index contributed by atoms with van der Waals surface area (Å²) in [5.41, 5.74) is 1.25. The summed E-state index contributed by atoms with van der Waals surface area (Å²) in [7, 11) is 0. The summed E-state index contributed by atoms with van der Waals surface area (Å²) in [6.07, 6.45) is 2.85. The van der Waals surface area contributed by atoms with Gasteiger partial charge in [-0.15, -0.1) is 5.10 Å². The first kappa shape index (κ1) is 18.8. The number of thioether (sulfide) groups is 1. The molecule has 0 aliphatic carbocycles. The number of anilines is 1. The molecular formula is C18H19N5O3S. The molecule has 0 radical (unpaired) electrons. The maximum absolute atomic E-state index is 12.4.